The lowest BCUT2D eigenvalue weighted by molar-refractivity contribution is 0.590. The van der Waals surface area contributed by atoms with E-state index in [0.717, 1.165) is 16.6 Å². The van der Waals surface area contributed by atoms with Crippen molar-refractivity contribution in [3.05, 3.63) is 95.4 Å². The average Bonchev–Trinajstić information content (AvgIpc) is 3.01. The number of hydrogen-bond donors (Lipinski definition) is 0. The molecule has 5 nitrogen and oxygen atoms in total. The molecule has 0 aliphatic rings. The fraction of sp³-hybridized carbons (Fsp3) is 0.174. The van der Waals surface area contributed by atoms with Crippen molar-refractivity contribution in [1.82, 2.24) is 9.13 Å². The molecule has 0 aliphatic heterocycles. The number of imidazole rings is 1. The molecule has 0 amide bonds. The van der Waals surface area contributed by atoms with Gasteiger partial charge in [-0.3, -0.25) is 0 Å². The van der Waals surface area contributed by atoms with Crippen molar-refractivity contribution in [2.75, 3.05) is 0 Å². The SMILES string of the molecule is CCn1/c(=N/S(=O)(=O)c2ccccc2)n(Cc2ccc(C)cc2)c2cc(F)ccc21. The molecule has 0 unspecified atom stereocenters. The van der Waals surface area contributed by atoms with Gasteiger partial charge in [-0.1, -0.05) is 48.0 Å². The topological polar surface area (TPSA) is 56.4 Å². The highest BCUT2D eigenvalue weighted by molar-refractivity contribution is 7.90. The highest BCUT2D eigenvalue weighted by Gasteiger charge is 2.17. The molecule has 0 aliphatic carbocycles. The van der Waals surface area contributed by atoms with E-state index in [0.29, 0.717) is 18.6 Å². The van der Waals surface area contributed by atoms with Crippen LogP contribution in [0.15, 0.2) is 82.1 Å². The lowest BCUT2D eigenvalue weighted by Crippen LogP contribution is -2.27. The molecule has 7 heteroatoms. The summed E-state index contributed by atoms with van der Waals surface area (Å²) >= 11 is 0. The summed E-state index contributed by atoms with van der Waals surface area (Å²) in [5.74, 6) is -0.383. The van der Waals surface area contributed by atoms with E-state index < -0.39 is 10.0 Å². The van der Waals surface area contributed by atoms with Gasteiger partial charge in [-0.05, 0) is 49.7 Å². The van der Waals surface area contributed by atoms with Crippen molar-refractivity contribution in [2.24, 2.45) is 4.40 Å². The van der Waals surface area contributed by atoms with Crippen molar-refractivity contribution in [1.29, 1.82) is 0 Å². The molecule has 0 fully saturated rings. The molecule has 0 radical (unpaired) electrons. The Morgan fingerprint density at radius 3 is 2.27 bits per heavy atom. The first-order valence-corrected chi connectivity index (χ1v) is 11.1. The number of nitrogens with zero attached hydrogens (tertiary/aromatic N) is 3. The summed E-state index contributed by atoms with van der Waals surface area (Å²) in [6, 6.07) is 20.5. The zero-order valence-electron chi connectivity index (χ0n) is 16.8. The van der Waals surface area contributed by atoms with Crippen LogP contribution in [-0.2, 0) is 23.1 Å². The second kappa shape index (κ2) is 7.91. The molecule has 1 aromatic heterocycles. The van der Waals surface area contributed by atoms with Gasteiger partial charge >= 0.3 is 0 Å². The zero-order chi connectivity index (χ0) is 21.3. The summed E-state index contributed by atoms with van der Waals surface area (Å²) in [6.45, 7) is 4.78. The maximum atomic E-state index is 14.1. The highest BCUT2D eigenvalue weighted by Crippen LogP contribution is 2.18. The third-order valence-corrected chi connectivity index (χ3v) is 6.29. The second-order valence-electron chi connectivity index (χ2n) is 7.13. The van der Waals surface area contributed by atoms with Gasteiger partial charge in [0.05, 0.1) is 22.5 Å². The van der Waals surface area contributed by atoms with E-state index in [4.69, 9.17) is 0 Å². The largest absolute Gasteiger partial charge is 0.310 e. The first-order valence-electron chi connectivity index (χ1n) is 9.69. The van der Waals surface area contributed by atoms with E-state index in [1.807, 2.05) is 38.1 Å². The van der Waals surface area contributed by atoms with Crippen molar-refractivity contribution in [2.45, 2.75) is 31.8 Å². The van der Waals surface area contributed by atoms with E-state index in [1.165, 1.54) is 24.3 Å². The van der Waals surface area contributed by atoms with E-state index in [1.54, 1.807) is 33.4 Å². The Kier molecular flexibility index (Phi) is 5.30. The van der Waals surface area contributed by atoms with E-state index in [9.17, 15) is 12.8 Å². The smallest absolute Gasteiger partial charge is 0.285 e. The van der Waals surface area contributed by atoms with Crippen LogP contribution in [0.25, 0.3) is 11.0 Å². The van der Waals surface area contributed by atoms with Gasteiger partial charge in [-0.2, -0.15) is 8.42 Å². The molecule has 0 saturated carbocycles. The Morgan fingerprint density at radius 2 is 1.60 bits per heavy atom. The summed E-state index contributed by atoms with van der Waals surface area (Å²) in [7, 11) is -3.94. The number of aromatic nitrogens is 2. The molecule has 0 bridgehead atoms. The van der Waals surface area contributed by atoms with E-state index >= 15 is 0 Å². The molecule has 30 heavy (non-hydrogen) atoms. The zero-order valence-corrected chi connectivity index (χ0v) is 17.6. The third-order valence-electron chi connectivity index (χ3n) is 5.02. The van der Waals surface area contributed by atoms with Gasteiger partial charge in [0.25, 0.3) is 10.0 Å². The first kappa shape index (κ1) is 20.1. The standard InChI is InChI=1S/C23H22FN3O2S/c1-3-26-21-14-13-19(24)15-22(21)27(16-18-11-9-17(2)10-12-18)23(26)25-30(28,29)20-7-5-4-6-8-20/h4-15H,3,16H2,1-2H3/b25-23-. The molecular weight excluding hydrogens is 401 g/mol. The van der Waals surface area contributed by atoms with Crippen molar-refractivity contribution < 1.29 is 12.8 Å². The third kappa shape index (κ3) is 3.80. The quantitative estimate of drug-likeness (QED) is 0.482. The normalized spacial score (nSPS) is 12.6. The monoisotopic (exact) mass is 423 g/mol. The van der Waals surface area contributed by atoms with Crippen molar-refractivity contribution in [3.63, 3.8) is 0 Å². The van der Waals surface area contributed by atoms with Gasteiger partial charge < -0.3 is 9.13 Å². The summed E-state index contributed by atoms with van der Waals surface area (Å²) < 4.78 is 47.8. The van der Waals surface area contributed by atoms with Gasteiger partial charge in [0, 0.05) is 6.54 Å². The fourth-order valence-electron chi connectivity index (χ4n) is 3.50. The molecule has 154 valence electrons. The van der Waals surface area contributed by atoms with Crippen LogP contribution < -0.4 is 5.62 Å². The van der Waals surface area contributed by atoms with Crippen LogP contribution in [0.3, 0.4) is 0 Å². The number of benzene rings is 3. The Labute approximate surface area is 174 Å². The van der Waals surface area contributed by atoms with Gasteiger partial charge in [-0.15, -0.1) is 4.40 Å². The van der Waals surface area contributed by atoms with Crippen LogP contribution in [0, 0.1) is 12.7 Å². The van der Waals surface area contributed by atoms with Gasteiger partial charge in [0.15, 0.2) is 0 Å². The Morgan fingerprint density at radius 1 is 0.900 bits per heavy atom. The minimum absolute atomic E-state index is 0.117. The lowest BCUT2D eigenvalue weighted by Gasteiger charge is -2.07. The lowest BCUT2D eigenvalue weighted by atomic mass is 10.1. The maximum absolute atomic E-state index is 14.1. The van der Waals surface area contributed by atoms with Crippen LogP contribution in [0.1, 0.15) is 18.1 Å². The van der Waals surface area contributed by atoms with Gasteiger partial charge in [-0.25, -0.2) is 4.39 Å². The molecule has 0 atom stereocenters. The molecular formula is C23H22FN3O2S. The molecule has 1 heterocycles. The van der Waals surface area contributed by atoms with Crippen LogP contribution in [0.2, 0.25) is 0 Å². The second-order valence-corrected chi connectivity index (χ2v) is 8.73. The number of rotatable bonds is 5. The summed E-state index contributed by atoms with van der Waals surface area (Å²) in [5, 5.41) is 0. The molecule has 3 aromatic carbocycles. The predicted molar refractivity (Wildman–Crippen MR) is 115 cm³/mol. The van der Waals surface area contributed by atoms with Crippen LogP contribution in [0.4, 0.5) is 4.39 Å². The van der Waals surface area contributed by atoms with Gasteiger partial charge in [0.1, 0.15) is 5.82 Å². The van der Waals surface area contributed by atoms with E-state index in [2.05, 4.69) is 4.40 Å². The van der Waals surface area contributed by atoms with Crippen molar-refractivity contribution in [3.8, 4) is 0 Å². The predicted octanol–water partition coefficient (Wildman–Crippen LogP) is 4.25. The Balaban J connectivity index is 2.01. The molecule has 4 aromatic rings. The first-order chi connectivity index (χ1) is 14.4. The summed E-state index contributed by atoms with van der Waals surface area (Å²) in [5.41, 5.74) is 3.69. The van der Waals surface area contributed by atoms with Gasteiger partial charge in [0.2, 0.25) is 5.62 Å². The number of aryl methyl sites for hydroxylation is 2. The summed E-state index contributed by atoms with van der Waals surface area (Å²) in [4.78, 5) is 0.117. The Bertz CT molecular complexity index is 1370. The molecule has 0 N–H and O–H groups in total. The number of hydrogen-bond acceptors (Lipinski definition) is 2. The number of halogens is 1. The summed E-state index contributed by atoms with van der Waals surface area (Å²) in [6.07, 6.45) is 0. The van der Waals surface area contributed by atoms with Crippen LogP contribution in [0.5, 0.6) is 0 Å². The van der Waals surface area contributed by atoms with E-state index in [-0.39, 0.29) is 16.3 Å². The molecule has 4 rings (SSSR count). The maximum Gasteiger partial charge on any atom is 0.285 e. The molecule has 0 spiro atoms. The number of fused-ring (bicyclic) bond motifs is 1. The minimum atomic E-state index is -3.94. The average molecular weight is 424 g/mol. The molecule has 0 saturated heterocycles. The highest BCUT2D eigenvalue weighted by atomic mass is 32.2. The van der Waals surface area contributed by atoms with Crippen molar-refractivity contribution >= 4 is 21.1 Å². The van der Waals surface area contributed by atoms with Crippen LogP contribution >= 0.6 is 0 Å². The fourth-order valence-corrected chi connectivity index (χ4v) is 4.52. The van der Waals surface area contributed by atoms with Crippen LogP contribution in [-0.4, -0.2) is 17.6 Å². The number of sulfonamides is 1. The minimum Gasteiger partial charge on any atom is -0.310 e. The Hall–Kier alpha value is -3.19.